The number of nitrogens with zero attached hydrogens (tertiary/aromatic N) is 2. The normalized spacial score (nSPS) is 19.0. The fraction of sp³-hybridized carbons (Fsp3) is 0.435. The maximum Gasteiger partial charge on any atom is 0.263 e. The van der Waals surface area contributed by atoms with Crippen LogP contribution in [0.15, 0.2) is 40.3 Å². The molecule has 2 aromatic heterocycles. The summed E-state index contributed by atoms with van der Waals surface area (Å²) in [6.07, 6.45) is 7.56. The molecule has 0 N–H and O–H groups in total. The molecule has 1 atom stereocenters. The summed E-state index contributed by atoms with van der Waals surface area (Å²) >= 11 is 3.19. The number of hydrogen-bond acceptors (Lipinski definition) is 5. The van der Waals surface area contributed by atoms with Crippen molar-refractivity contribution in [2.75, 3.05) is 0 Å². The third-order valence-corrected chi connectivity index (χ3v) is 8.49. The van der Waals surface area contributed by atoms with Crippen molar-refractivity contribution >= 4 is 39.1 Å². The zero-order chi connectivity index (χ0) is 19.8. The van der Waals surface area contributed by atoms with Gasteiger partial charge in [0.25, 0.3) is 5.56 Å². The second-order valence-corrected chi connectivity index (χ2v) is 10.2. The fourth-order valence-corrected chi connectivity index (χ4v) is 6.98. The smallest absolute Gasteiger partial charge is 0.263 e. The van der Waals surface area contributed by atoms with Crippen molar-refractivity contribution in [1.82, 2.24) is 9.55 Å². The molecule has 0 bridgehead atoms. The van der Waals surface area contributed by atoms with Gasteiger partial charge in [-0.1, -0.05) is 48.5 Å². The minimum atomic E-state index is -0.0668. The van der Waals surface area contributed by atoms with Crippen molar-refractivity contribution in [3.63, 3.8) is 0 Å². The number of thioether (sulfide) groups is 1. The summed E-state index contributed by atoms with van der Waals surface area (Å²) < 4.78 is 1.84. The molecule has 3 aromatic rings. The molecule has 29 heavy (non-hydrogen) atoms. The number of hydrogen-bond donors (Lipinski definition) is 0. The number of benzene rings is 1. The van der Waals surface area contributed by atoms with Gasteiger partial charge in [0.1, 0.15) is 10.6 Å². The molecule has 0 saturated heterocycles. The molecule has 0 amide bonds. The Morgan fingerprint density at radius 3 is 2.76 bits per heavy atom. The van der Waals surface area contributed by atoms with Crippen molar-refractivity contribution in [2.24, 2.45) is 0 Å². The molecule has 4 nitrogen and oxygen atoms in total. The molecular formula is C23H24N2O2S2. The first kappa shape index (κ1) is 19.1. The Morgan fingerprint density at radius 1 is 1.07 bits per heavy atom. The fourth-order valence-electron chi connectivity index (χ4n) is 4.43. The van der Waals surface area contributed by atoms with E-state index in [2.05, 4.69) is 12.1 Å². The summed E-state index contributed by atoms with van der Waals surface area (Å²) in [5, 5.41) is 1.48. The Labute approximate surface area is 178 Å². The average Bonchev–Trinajstić information content (AvgIpc) is 3.31. The van der Waals surface area contributed by atoms with Crippen molar-refractivity contribution in [3.8, 4) is 0 Å². The van der Waals surface area contributed by atoms with E-state index in [9.17, 15) is 9.59 Å². The molecule has 150 valence electrons. The van der Waals surface area contributed by atoms with E-state index >= 15 is 0 Å². The Bertz CT molecular complexity index is 1120. The first-order valence-corrected chi connectivity index (χ1v) is 12.2. The average molecular weight is 425 g/mol. The molecular weight excluding hydrogens is 400 g/mol. The van der Waals surface area contributed by atoms with E-state index in [0.29, 0.717) is 18.7 Å². The summed E-state index contributed by atoms with van der Waals surface area (Å²) in [6.45, 7) is 0.597. The Hall–Kier alpha value is -1.92. The van der Waals surface area contributed by atoms with Crippen LogP contribution in [0.25, 0.3) is 10.2 Å². The number of rotatable bonds is 5. The van der Waals surface area contributed by atoms with Gasteiger partial charge in [0.15, 0.2) is 5.16 Å². The zero-order valence-electron chi connectivity index (χ0n) is 16.4. The number of Topliss-reactive ketones (excluding diaryl/α,β-unsaturated/α-hetero) is 1. The van der Waals surface area contributed by atoms with E-state index in [1.807, 2.05) is 22.8 Å². The molecule has 6 heteroatoms. The Morgan fingerprint density at radius 2 is 1.93 bits per heavy atom. The number of fused-ring (bicyclic) bond motifs is 3. The van der Waals surface area contributed by atoms with E-state index in [4.69, 9.17) is 4.98 Å². The molecule has 1 saturated carbocycles. The quantitative estimate of drug-likeness (QED) is 0.553. The minimum absolute atomic E-state index is 0.0668. The van der Waals surface area contributed by atoms with Crippen LogP contribution < -0.4 is 5.56 Å². The lowest BCUT2D eigenvalue weighted by molar-refractivity contribution is -0.119. The summed E-state index contributed by atoms with van der Waals surface area (Å²) in [5.74, 6) is 0.305. The van der Waals surface area contributed by atoms with Crippen LogP contribution in [0, 0.1) is 0 Å². The summed E-state index contributed by atoms with van der Waals surface area (Å²) in [7, 11) is 0. The van der Waals surface area contributed by atoms with Gasteiger partial charge in [0.05, 0.1) is 10.6 Å². The number of carbonyl (C=O) groups is 1. The monoisotopic (exact) mass is 424 g/mol. The predicted octanol–water partition coefficient (Wildman–Crippen LogP) is 4.79. The lowest BCUT2D eigenvalue weighted by Crippen LogP contribution is -2.27. The highest BCUT2D eigenvalue weighted by Crippen LogP contribution is 2.37. The number of aromatic nitrogens is 2. The number of aryl methyl sites for hydroxylation is 3. The van der Waals surface area contributed by atoms with Crippen molar-refractivity contribution < 1.29 is 4.79 Å². The first-order valence-electron chi connectivity index (χ1n) is 10.5. The third kappa shape index (κ3) is 3.68. The Balaban J connectivity index is 1.55. The van der Waals surface area contributed by atoms with Gasteiger partial charge >= 0.3 is 0 Å². The molecule has 0 spiro atoms. The van der Waals surface area contributed by atoms with E-state index in [1.54, 1.807) is 11.3 Å². The van der Waals surface area contributed by atoms with Gasteiger partial charge in [0, 0.05) is 17.8 Å². The molecule has 0 radical (unpaired) electrons. The van der Waals surface area contributed by atoms with Gasteiger partial charge in [-0.05, 0) is 49.7 Å². The van der Waals surface area contributed by atoms with Crippen LogP contribution in [0.2, 0.25) is 0 Å². The first-order chi connectivity index (χ1) is 14.2. The highest BCUT2D eigenvalue weighted by Gasteiger charge is 2.28. The third-order valence-electron chi connectivity index (χ3n) is 6.00. The van der Waals surface area contributed by atoms with Gasteiger partial charge in [0.2, 0.25) is 0 Å². The maximum atomic E-state index is 13.5. The predicted molar refractivity (Wildman–Crippen MR) is 119 cm³/mol. The van der Waals surface area contributed by atoms with Crippen LogP contribution in [-0.2, 0) is 30.6 Å². The Kier molecular flexibility index (Phi) is 5.31. The van der Waals surface area contributed by atoms with Gasteiger partial charge in [-0.25, -0.2) is 4.98 Å². The number of carbonyl (C=O) groups excluding carboxylic acids is 1. The molecule has 0 aliphatic heterocycles. The van der Waals surface area contributed by atoms with Gasteiger partial charge in [-0.3, -0.25) is 14.2 Å². The molecule has 2 aliphatic carbocycles. The molecule has 1 fully saturated rings. The largest absolute Gasteiger partial charge is 0.298 e. The number of thiophene rings is 1. The summed E-state index contributed by atoms with van der Waals surface area (Å²) in [4.78, 5) is 33.1. The van der Waals surface area contributed by atoms with Crippen molar-refractivity contribution in [2.45, 2.75) is 68.3 Å². The second-order valence-electron chi connectivity index (χ2n) is 7.94. The van der Waals surface area contributed by atoms with Crippen LogP contribution in [0.1, 0.15) is 48.1 Å². The van der Waals surface area contributed by atoms with Crippen LogP contribution in [0.5, 0.6) is 0 Å². The van der Waals surface area contributed by atoms with Gasteiger partial charge in [-0.2, -0.15) is 0 Å². The standard InChI is InChI=1S/C23H24N2O2S2/c26-17-10-4-5-11-19(17)29-23-24-21-20(16-9-6-12-18(16)28-21)22(27)25(23)14-13-15-7-2-1-3-8-15/h1-3,7-8,19H,4-6,9-14H2/t19-/m1/s1. The van der Waals surface area contributed by atoms with Gasteiger partial charge < -0.3 is 0 Å². The highest BCUT2D eigenvalue weighted by molar-refractivity contribution is 8.00. The van der Waals surface area contributed by atoms with E-state index < -0.39 is 0 Å². The second kappa shape index (κ2) is 8.07. The van der Waals surface area contributed by atoms with Crippen LogP contribution >= 0.6 is 23.1 Å². The van der Waals surface area contributed by atoms with E-state index in [1.165, 1.54) is 27.8 Å². The highest BCUT2D eigenvalue weighted by atomic mass is 32.2. The van der Waals surface area contributed by atoms with E-state index in [0.717, 1.165) is 60.3 Å². The molecule has 5 rings (SSSR count). The minimum Gasteiger partial charge on any atom is -0.298 e. The molecule has 2 heterocycles. The van der Waals surface area contributed by atoms with Crippen molar-refractivity contribution in [3.05, 3.63) is 56.7 Å². The van der Waals surface area contributed by atoms with Crippen LogP contribution in [0.3, 0.4) is 0 Å². The lowest BCUT2D eigenvalue weighted by atomic mass is 9.99. The molecule has 2 aliphatic rings. The zero-order valence-corrected chi connectivity index (χ0v) is 18.0. The lowest BCUT2D eigenvalue weighted by Gasteiger charge is -2.21. The number of ketones is 1. The summed E-state index contributed by atoms with van der Waals surface area (Å²) in [6, 6.07) is 10.3. The van der Waals surface area contributed by atoms with Gasteiger partial charge in [-0.15, -0.1) is 11.3 Å². The van der Waals surface area contributed by atoms with Crippen LogP contribution in [-0.4, -0.2) is 20.6 Å². The van der Waals surface area contributed by atoms with E-state index in [-0.39, 0.29) is 10.8 Å². The molecule has 1 aromatic carbocycles. The summed E-state index contributed by atoms with van der Waals surface area (Å²) in [5.41, 5.74) is 2.51. The SMILES string of the molecule is O=C1CCCC[C@H]1Sc1nc2sc3c(c2c(=O)n1CCc1ccccc1)CCC3. The van der Waals surface area contributed by atoms with Crippen molar-refractivity contribution in [1.29, 1.82) is 0 Å². The topological polar surface area (TPSA) is 52.0 Å². The maximum absolute atomic E-state index is 13.5. The molecule has 0 unspecified atom stereocenters. The van der Waals surface area contributed by atoms with Crippen LogP contribution in [0.4, 0.5) is 0 Å².